The van der Waals surface area contributed by atoms with Crippen molar-refractivity contribution in [3.8, 4) is 6.07 Å². The van der Waals surface area contributed by atoms with Gasteiger partial charge in [-0.1, -0.05) is 6.42 Å². The van der Waals surface area contributed by atoms with Gasteiger partial charge in [-0.15, -0.1) is 0 Å². The largest absolute Gasteiger partial charge is 0.296 e. The Morgan fingerprint density at radius 1 is 1.22 bits per heavy atom. The molecule has 0 aromatic heterocycles. The second-order valence-electron chi connectivity index (χ2n) is 5.65. The molecule has 2 atom stereocenters. The maximum Gasteiger partial charge on any atom is 0.150 e. The Balaban J connectivity index is 1.99. The standard InChI is InChI=1S/C13H22N2O2S/c1-18(16,17)13-5-2-4-12(10-13)15(9-3-8-14)11-6-7-11/h11-13H,2-7,9-10H2,1H3. The van der Waals surface area contributed by atoms with Gasteiger partial charge in [-0.3, -0.25) is 4.90 Å². The number of nitrogens with zero attached hydrogens (tertiary/aromatic N) is 2. The number of nitriles is 1. The van der Waals surface area contributed by atoms with Crippen LogP contribution in [-0.2, 0) is 9.84 Å². The molecule has 0 radical (unpaired) electrons. The van der Waals surface area contributed by atoms with Crippen molar-refractivity contribution in [1.82, 2.24) is 4.90 Å². The van der Waals surface area contributed by atoms with Gasteiger partial charge in [-0.2, -0.15) is 5.26 Å². The Labute approximate surface area is 110 Å². The van der Waals surface area contributed by atoms with Gasteiger partial charge < -0.3 is 0 Å². The smallest absolute Gasteiger partial charge is 0.150 e. The van der Waals surface area contributed by atoms with Gasteiger partial charge in [0.15, 0.2) is 0 Å². The topological polar surface area (TPSA) is 61.2 Å². The van der Waals surface area contributed by atoms with Gasteiger partial charge in [-0.05, 0) is 32.1 Å². The van der Waals surface area contributed by atoms with Gasteiger partial charge in [0, 0.05) is 31.3 Å². The van der Waals surface area contributed by atoms with Gasteiger partial charge in [0.1, 0.15) is 9.84 Å². The van der Waals surface area contributed by atoms with Crippen molar-refractivity contribution >= 4 is 9.84 Å². The van der Waals surface area contributed by atoms with E-state index in [-0.39, 0.29) is 5.25 Å². The Morgan fingerprint density at radius 2 is 1.94 bits per heavy atom. The molecule has 0 saturated heterocycles. The molecule has 2 fully saturated rings. The second-order valence-corrected chi connectivity index (χ2v) is 7.97. The quantitative estimate of drug-likeness (QED) is 0.763. The fourth-order valence-electron chi connectivity index (χ4n) is 3.06. The third-order valence-corrected chi connectivity index (χ3v) is 5.81. The molecule has 2 unspecified atom stereocenters. The first-order valence-corrected chi connectivity index (χ1v) is 8.79. The van der Waals surface area contributed by atoms with Crippen LogP contribution in [0, 0.1) is 11.3 Å². The number of rotatable bonds is 5. The van der Waals surface area contributed by atoms with Gasteiger partial charge in [0.05, 0.1) is 11.3 Å². The average Bonchev–Trinajstić information content (AvgIpc) is 3.13. The summed E-state index contributed by atoms with van der Waals surface area (Å²) in [6, 6.07) is 3.19. The summed E-state index contributed by atoms with van der Waals surface area (Å²) in [6.07, 6.45) is 8.00. The molecule has 0 amide bonds. The summed E-state index contributed by atoms with van der Waals surface area (Å²) < 4.78 is 23.4. The minimum Gasteiger partial charge on any atom is -0.296 e. The highest BCUT2D eigenvalue weighted by atomic mass is 32.2. The molecule has 0 spiro atoms. The van der Waals surface area contributed by atoms with Crippen molar-refractivity contribution in [2.24, 2.45) is 0 Å². The molecule has 0 aliphatic heterocycles. The number of hydrogen-bond donors (Lipinski definition) is 0. The Morgan fingerprint density at radius 3 is 2.50 bits per heavy atom. The van der Waals surface area contributed by atoms with E-state index >= 15 is 0 Å². The van der Waals surface area contributed by atoms with Crippen molar-refractivity contribution in [2.45, 2.75) is 62.3 Å². The fraction of sp³-hybridized carbons (Fsp3) is 0.923. The van der Waals surface area contributed by atoms with Gasteiger partial charge in [-0.25, -0.2) is 8.42 Å². The Kier molecular flexibility index (Phi) is 4.29. The van der Waals surface area contributed by atoms with Crippen molar-refractivity contribution < 1.29 is 8.42 Å². The Hall–Kier alpha value is -0.600. The van der Waals surface area contributed by atoms with Crippen molar-refractivity contribution in [3.05, 3.63) is 0 Å². The highest BCUT2D eigenvalue weighted by Crippen LogP contribution is 2.35. The SMILES string of the molecule is CS(=O)(=O)C1CCCC(N(CCC#N)C2CC2)C1. The van der Waals surface area contributed by atoms with Crippen molar-refractivity contribution in [1.29, 1.82) is 5.26 Å². The molecular formula is C13H22N2O2S. The third-order valence-electron chi connectivity index (χ3n) is 4.17. The van der Waals surface area contributed by atoms with Crippen LogP contribution in [0.4, 0.5) is 0 Å². The van der Waals surface area contributed by atoms with Crippen LogP contribution in [0.1, 0.15) is 44.9 Å². The fourth-order valence-corrected chi connectivity index (χ4v) is 4.23. The van der Waals surface area contributed by atoms with Crippen LogP contribution in [0.25, 0.3) is 0 Å². The van der Waals surface area contributed by atoms with E-state index in [1.165, 1.54) is 19.1 Å². The van der Waals surface area contributed by atoms with Gasteiger partial charge >= 0.3 is 0 Å². The molecule has 102 valence electrons. The zero-order chi connectivity index (χ0) is 13.2. The monoisotopic (exact) mass is 270 g/mol. The van der Waals surface area contributed by atoms with E-state index < -0.39 is 9.84 Å². The van der Waals surface area contributed by atoms with E-state index in [0.29, 0.717) is 18.5 Å². The molecule has 0 heterocycles. The van der Waals surface area contributed by atoms with Crippen LogP contribution in [0.2, 0.25) is 0 Å². The molecular weight excluding hydrogens is 248 g/mol. The van der Waals surface area contributed by atoms with Crippen molar-refractivity contribution in [2.75, 3.05) is 12.8 Å². The minimum atomic E-state index is -2.91. The minimum absolute atomic E-state index is 0.167. The summed E-state index contributed by atoms with van der Waals surface area (Å²) in [6.45, 7) is 0.808. The summed E-state index contributed by atoms with van der Waals surface area (Å²) >= 11 is 0. The van der Waals surface area contributed by atoms with E-state index in [0.717, 1.165) is 32.2 Å². The predicted molar refractivity (Wildman–Crippen MR) is 70.8 cm³/mol. The summed E-state index contributed by atoms with van der Waals surface area (Å²) in [7, 11) is -2.91. The van der Waals surface area contributed by atoms with Crippen LogP contribution >= 0.6 is 0 Å². The molecule has 4 nitrogen and oxygen atoms in total. The molecule has 18 heavy (non-hydrogen) atoms. The van der Waals surface area contributed by atoms with E-state index in [1.807, 2.05) is 0 Å². The highest BCUT2D eigenvalue weighted by molar-refractivity contribution is 7.91. The Bertz CT molecular complexity index is 423. The first-order valence-electron chi connectivity index (χ1n) is 6.84. The maximum atomic E-state index is 11.7. The first kappa shape index (κ1) is 13.8. The lowest BCUT2D eigenvalue weighted by Crippen LogP contribution is -2.43. The molecule has 5 heteroatoms. The molecule has 2 aliphatic carbocycles. The molecule has 0 N–H and O–H groups in total. The van der Waals surface area contributed by atoms with E-state index in [4.69, 9.17) is 5.26 Å². The molecule has 2 rings (SSSR count). The van der Waals surface area contributed by atoms with Crippen LogP contribution in [0.5, 0.6) is 0 Å². The molecule has 0 aromatic carbocycles. The third kappa shape index (κ3) is 3.46. The number of hydrogen-bond acceptors (Lipinski definition) is 4. The first-order chi connectivity index (χ1) is 8.52. The highest BCUT2D eigenvalue weighted by Gasteiger charge is 2.37. The van der Waals surface area contributed by atoms with E-state index in [9.17, 15) is 8.42 Å². The summed E-state index contributed by atoms with van der Waals surface area (Å²) in [4.78, 5) is 2.40. The predicted octanol–water partition coefficient (Wildman–Crippen LogP) is 1.72. The summed E-state index contributed by atoms with van der Waals surface area (Å²) in [5.74, 6) is 0. The van der Waals surface area contributed by atoms with Gasteiger partial charge in [0.2, 0.25) is 0 Å². The van der Waals surface area contributed by atoms with Gasteiger partial charge in [0.25, 0.3) is 0 Å². The molecule has 0 bridgehead atoms. The molecule has 0 aromatic rings. The summed E-state index contributed by atoms with van der Waals surface area (Å²) in [5, 5.41) is 8.56. The van der Waals surface area contributed by atoms with E-state index in [2.05, 4.69) is 11.0 Å². The molecule has 2 aliphatic rings. The van der Waals surface area contributed by atoms with Crippen LogP contribution in [0.15, 0.2) is 0 Å². The average molecular weight is 270 g/mol. The normalized spacial score (nSPS) is 29.2. The molecule has 2 saturated carbocycles. The second kappa shape index (κ2) is 5.58. The maximum absolute atomic E-state index is 11.7. The van der Waals surface area contributed by atoms with Crippen LogP contribution in [-0.4, -0.2) is 43.5 Å². The lowest BCUT2D eigenvalue weighted by Gasteiger charge is -2.36. The van der Waals surface area contributed by atoms with Crippen LogP contribution in [0.3, 0.4) is 0 Å². The van der Waals surface area contributed by atoms with E-state index in [1.54, 1.807) is 0 Å². The lowest BCUT2D eigenvalue weighted by atomic mass is 9.93. The van der Waals surface area contributed by atoms with Crippen LogP contribution < -0.4 is 0 Å². The lowest BCUT2D eigenvalue weighted by molar-refractivity contribution is 0.151. The zero-order valence-corrected chi connectivity index (χ0v) is 11.8. The van der Waals surface area contributed by atoms with Crippen molar-refractivity contribution in [3.63, 3.8) is 0 Å². The number of sulfone groups is 1. The summed E-state index contributed by atoms with van der Waals surface area (Å²) in [5.41, 5.74) is 0. The zero-order valence-electron chi connectivity index (χ0n) is 11.0.